The Kier molecular flexibility index (Phi) is 14.1. The third-order valence-corrected chi connectivity index (χ3v) is 13.3. The smallest absolute Gasteiger partial charge is 0.494 e. The van der Waals surface area contributed by atoms with E-state index in [0.29, 0.717) is 25.3 Å². The van der Waals surface area contributed by atoms with Gasteiger partial charge in [0.25, 0.3) is 0 Å². The number of benzene rings is 2. The van der Waals surface area contributed by atoms with Crippen LogP contribution in [0.4, 0.5) is 0 Å². The lowest BCUT2D eigenvalue weighted by atomic mass is 9.70. The van der Waals surface area contributed by atoms with Gasteiger partial charge in [0.1, 0.15) is 11.5 Å². The molecule has 0 spiro atoms. The first kappa shape index (κ1) is 33.4. The van der Waals surface area contributed by atoms with Crippen LogP contribution in [-0.4, -0.2) is 73.5 Å². The summed E-state index contributed by atoms with van der Waals surface area (Å²) in [6.45, 7) is 5.63. The quantitative estimate of drug-likeness (QED) is 0.138. The van der Waals surface area contributed by atoms with Gasteiger partial charge in [0, 0.05) is 60.2 Å². The van der Waals surface area contributed by atoms with Crippen molar-refractivity contribution in [3.05, 3.63) is 59.7 Å². The van der Waals surface area contributed by atoms with Crippen LogP contribution in [0.25, 0.3) is 0 Å². The molecule has 0 saturated carbocycles. The molecule has 8 nitrogen and oxygen atoms in total. The summed E-state index contributed by atoms with van der Waals surface area (Å²) in [5.41, 5.74) is 2.47. The van der Waals surface area contributed by atoms with E-state index in [0.717, 1.165) is 37.2 Å². The zero-order valence-electron chi connectivity index (χ0n) is 25.0. The maximum Gasteiger partial charge on any atom is 0.500 e. The minimum absolute atomic E-state index is 0.0851. The van der Waals surface area contributed by atoms with Gasteiger partial charge in [0.2, 0.25) is 0 Å². The maximum atomic E-state index is 6.00. The Morgan fingerprint density at radius 2 is 0.821 bits per heavy atom. The van der Waals surface area contributed by atoms with E-state index >= 15 is 0 Å². The molecular weight excluding hydrogens is 532 g/mol. The Labute approximate surface area is 237 Å². The predicted molar refractivity (Wildman–Crippen MR) is 158 cm³/mol. The van der Waals surface area contributed by atoms with E-state index in [1.165, 1.54) is 11.1 Å². The van der Waals surface area contributed by atoms with Gasteiger partial charge in [0.05, 0.1) is 13.2 Å². The zero-order chi connectivity index (χ0) is 28.8. The van der Waals surface area contributed by atoms with E-state index in [-0.39, 0.29) is 5.41 Å². The van der Waals surface area contributed by atoms with Crippen LogP contribution in [0, 0.1) is 0 Å². The Morgan fingerprint density at radius 3 is 1.08 bits per heavy atom. The summed E-state index contributed by atoms with van der Waals surface area (Å²) >= 11 is 0. The van der Waals surface area contributed by atoms with Crippen LogP contribution >= 0.6 is 0 Å². The lowest BCUT2D eigenvalue weighted by molar-refractivity contribution is 0.120. The molecule has 39 heavy (non-hydrogen) atoms. The van der Waals surface area contributed by atoms with Gasteiger partial charge in [-0.05, 0) is 61.1 Å². The minimum Gasteiger partial charge on any atom is -0.494 e. The van der Waals surface area contributed by atoms with Gasteiger partial charge in [-0.15, -0.1) is 0 Å². The molecular formula is C29H48O8Si2. The van der Waals surface area contributed by atoms with Crippen molar-refractivity contribution < 1.29 is 36.0 Å². The summed E-state index contributed by atoms with van der Waals surface area (Å²) in [4.78, 5) is 0. The second-order valence-electron chi connectivity index (χ2n) is 9.33. The number of hydrogen-bond donors (Lipinski definition) is 0. The molecule has 0 bridgehead atoms. The average molecular weight is 581 g/mol. The Hall–Kier alpha value is -1.77. The molecule has 0 N–H and O–H groups in total. The highest BCUT2D eigenvalue weighted by Gasteiger charge is 2.38. The fourth-order valence-electron chi connectivity index (χ4n) is 5.04. The molecule has 2 aromatic rings. The predicted octanol–water partition coefficient (Wildman–Crippen LogP) is 6.09. The molecule has 10 heteroatoms. The van der Waals surface area contributed by atoms with Crippen LogP contribution in [0.15, 0.2) is 48.5 Å². The molecule has 0 unspecified atom stereocenters. The standard InChI is InChI=1S/C29H48O8Si2/c1-9-29(10-2,25-13-17-27(18-14-25)36-21-11-23-38(30-3,31-4)32-5)26-15-19-28(20-16-26)37-22-12-24-39(33-6,34-7)35-8/h13-20H,9-12,21-24H2,1-8H3. The lowest BCUT2D eigenvalue weighted by Crippen LogP contribution is -2.42. The summed E-state index contributed by atoms with van der Waals surface area (Å²) in [5.74, 6) is 1.70. The average Bonchev–Trinajstić information content (AvgIpc) is 3.00. The van der Waals surface area contributed by atoms with Crippen LogP contribution in [0.5, 0.6) is 11.5 Å². The van der Waals surface area contributed by atoms with Gasteiger partial charge >= 0.3 is 17.6 Å². The van der Waals surface area contributed by atoms with Crippen molar-refractivity contribution in [1.82, 2.24) is 0 Å². The number of ether oxygens (including phenoxy) is 2. The van der Waals surface area contributed by atoms with E-state index < -0.39 is 17.6 Å². The van der Waals surface area contributed by atoms with Crippen LogP contribution < -0.4 is 9.47 Å². The lowest BCUT2D eigenvalue weighted by Gasteiger charge is -2.33. The SMILES string of the molecule is CCC(CC)(c1ccc(OCCC[Si](OC)(OC)OC)cc1)c1ccc(OCCC[Si](OC)(OC)OC)cc1. The molecule has 0 aromatic heterocycles. The highest BCUT2D eigenvalue weighted by molar-refractivity contribution is 6.60. The summed E-state index contributed by atoms with van der Waals surface area (Å²) in [6.07, 6.45) is 3.55. The Balaban J connectivity index is 2.00. The van der Waals surface area contributed by atoms with Gasteiger partial charge in [-0.3, -0.25) is 0 Å². The molecule has 220 valence electrons. The van der Waals surface area contributed by atoms with E-state index in [9.17, 15) is 0 Å². The molecule has 0 saturated heterocycles. The largest absolute Gasteiger partial charge is 0.500 e. The molecule has 0 aliphatic carbocycles. The van der Waals surface area contributed by atoms with Crippen molar-refractivity contribution in [3.8, 4) is 11.5 Å². The highest BCUT2D eigenvalue weighted by atomic mass is 28.4. The molecule has 0 heterocycles. The van der Waals surface area contributed by atoms with Crippen molar-refractivity contribution >= 4 is 17.6 Å². The Morgan fingerprint density at radius 1 is 0.513 bits per heavy atom. The second kappa shape index (κ2) is 16.5. The number of hydrogen-bond acceptors (Lipinski definition) is 8. The van der Waals surface area contributed by atoms with E-state index in [1.807, 2.05) is 0 Å². The van der Waals surface area contributed by atoms with E-state index in [1.54, 1.807) is 42.7 Å². The van der Waals surface area contributed by atoms with E-state index in [4.69, 9.17) is 36.0 Å². The monoisotopic (exact) mass is 580 g/mol. The van der Waals surface area contributed by atoms with Crippen molar-refractivity contribution in [1.29, 1.82) is 0 Å². The zero-order valence-corrected chi connectivity index (χ0v) is 27.0. The minimum atomic E-state index is -2.57. The maximum absolute atomic E-state index is 6.00. The van der Waals surface area contributed by atoms with E-state index in [2.05, 4.69) is 62.4 Å². The first-order valence-corrected chi connectivity index (χ1v) is 17.5. The summed E-state index contributed by atoms with van der Waals surface area (Å²) in [7, 11) is 4.66. The topological polar surface area (TPSA) is 73.8 Å². The molecule has 0 aliphatic rings. The molecule has 0 amide bonds. The third-order valence-electron chi connectivity index (χ3n) is 7.68. The summed E-state index contributed by atoms with van der Waals surface area (Å²) in [5, 5.41) is 0. The molecule has 2 rings (SSSR count). The van der Waals surface area contributed by atoms with Crippen molar-refractivity contribution in [2.75, 3.05) is 55.9 Å². The van der Waals surface area contributed by atoms with Gasteiger partial charge in [-0.25, -0.2) is 0 Å². The van der Waals surface area contributed by atoms with Gasteiger partial charge in [-0.2, -0.15) is 0 Å². The van der Waals surface area contributed by atoms with Crippen molar-refractivity contribution in [2.45, 2.75) is 57.0 Å². The Bertz CT molecular complexity index is 837. The summed E-state index contributed by atoms with van der Waals surface area (Å²) < 4.78 is 44.9. The normalized spacial score (nSPS) is 12.5. The molecule has 0 radical (unpaired) electrons. The van der Waals surface area contributed by atoms with Gasteiger partial charge < -0.3 is 36.0 Å². The third kappa shape index (κ3) is 8.61. The number of rotatable bonds is 20. The summed E-state index contributed by atoms with van der Waals surface area (Å²) in [6, 6.07) is 18.4. The fraction of sp³-hybridized carbons (Fsp3) is 0.586. The second-order valence-corrected chi connectivity index (χ2v) is 15.5. The van der Waals surface area contributed by atoms with Crippen LogP contribution in [0.3, 0.4) is 0 Å². The molecule has 2 aromatic carbocycles. The van der Waals surface area contributed by atoms with Gasteiger partial charge in [-0.1, -0.05) is 38.1 Å². The van der Waals surface area contributed by atoms with Crippen LogP contribution in [0.1, 0.15) is 50.7 Å². The fourth-order valence-corrected chi connectivity index (χ4v) is 8.42. The first-order valence-electron chi connectivity index (χ1n) is 13.6. The van der Waals surface area contributed by atoms with Crippen LogP contribution in [0.2, 0.25) is 12.1 Å². The van der Waals surface area contributed by atoms with Gasteiger partial charge in [0.15, 0.2) is 0 Å². The highest BCUT2D eigenvalue weighted by Crippen LogP contribution is 2.40. The molecule has 0 atom stereocenters. The van der Waals surface area contributed by atoms with Crippen molar-refractivity contribution in [2.24, 2.45) is 0 Å². The molecule has 0 aliphatic heterocycles. The molecule has 0 fully saturated rings. The van der Waals surface area contributed by atoms with Crippen LogP contribution in [-0.2, 0) is 32.0 Å². The first-order chi connectivity index (χ1) is 18.9. The van der Waals surface area contributed by atoms with Crippen molar-refractivity contribution in [3.63, 3.8) is 0 Å².